The molecule has 2 aromatic rings. The van der Waals surface area contributed by atoms with Crippen LogP contribution < -0.4 is 29.2 Å². The van der Waals surface area contributed by atoms with E-state index in [1.807, 2.05) is 19.2 Å². The Morgan fingerprint density at radius 3 is 2.18 bits per heavy atom. The van der Waals surface area contributed by atoms with Crippen molar-refractivity contribution in [2.75, 3.05) is 47.3 Å². The number of anilines is 1. The first kappa shape index (κ1) is 21.7. The van der Waals surface area contributed by atoms with E-state index in [0.717, 1.165) is 10.5 Å². The van der Waals surface area contributed by atoms with Crippen molar-refractivity contribution < 1.29 is 28.6 Å². The van der Waals surface area contributed by atoms with E-state index < -0.39 is 0 Å². The van der Waals surface area contributed by atoms with E-state index in [0.29, 0.717) is 40.3 Å². The smallest absolute Gasteiger partial charge is 0.279 e. The number of nitrogens with one attached hydrogen (secondary N) is 2. The van der Waals surface area contributed by atoms with E-state index in [1.54, 1.807) is 46.6 Å². The highest BCUT2D eigenvalue weighted by Gasteiger charge is 2.19. The predicted octanol–water partition coefficient (Wildman–Crippen LogP) is 2.03. The van der Waals surface area contributed by atoms with Gasteiger partial charge in [0.25, 0.3) is 5.91 Å². The highest BCUT2D eigenvalue weighted by atomic mass is 35.5. The molecule has 0 aliphatic carbocycles. The molecule has 2 N–H and O–H groups in total. The number of ether oxygens (including phenoxy) is 4. The van der Waals surface area contributed by atoms with E-state index in [9.17, 15) is 4.79 Å². The van der Waals surface area contributed by atoms with Crippen LogP contribution in [0, 0.1) is 0 Å². The quantitative estimate of drug-likeness (QED) is 0.663. The van der Waals surface area contributed by atoms with Crippen LogP contribution in [0.1, 0.15) is 5.56 Å². The molecule has 0 fully saturated rings. The lowest BCUT2D eigenvalue weighted by Gasteiger charge is -2.18. The van der Waals surface area contributed by atoms with E-state index >= 15 is 0 Å². The van der Waals surface area contributed by atoms with Gasteiger partial charge in [-0.15, -0.1) is 0 Å². The van der Waals surface area contributed by atoms with E-state index in [2.05, 4.69) is 5.32 Å². The fraction of sp³-hybridized carbons (Fsp3) is 0.350. The van der Waals surface area contributed by atoms with Crippen molar-refractivity contribution in [3.05, 3.63) is 40.9 Å². The summed E-state index contributed by atoms with van der Waals surface area (Å²) in [6.07, 6.45) is 0. The average Bonchev–Trinajstić information content (AvgIpc) is 2.67. The third-order valence-electron chi connectivity index (χ3n) is 4.18. The van der Waals surface area contributed by atoms with Crippen molar-refractivity contribution in [3.63, 3.8) is 0 Å². The standard InChI is InChI=1S/C20H25ClN2O5/c1-23(11-13-6-8-17(26-3)20(28-5)19(13)27-4)12-18(24)22-14-7-9-16(25-2)15(21)10-14/h6-10H,11-12H2,1-5H3,(H,22,24)/p+1. The third kappa shape index (κ3) is 5.21. The molecule has 152 valence electrons. The fourth-order valence-electron chi connectivity index (χ4n) is 2.91. The Kier molecular flexibility index (Phi) is 7.78. The van der Waals surface area contributed by atoms with Crippen LogP contribution in [0.2, 0.25) is 5.02 Å². The summed E-state index contributed by atoms with van der Waals surface area (Å²) in [4.78, 5) is 13.3. The van der Waals surface area contributed by atoms with Crippen LogP contribution in [-0.4, -0.2) is 47.9 Å². The minimum Gasteiger partial charge on any atom is -0.495 e. The number of hydrogen-bond donors (Lipinski definition) is 2. The minimum absolute atomic E-state index is 0.127. The summed E-state index contributed by atoms with van der Waals surface area (Å²) in [5.74, 6) is 2.16. The SMILES string of the molecule is COc1ccc(NC(=O)C[NH+](C)Cc2ccc(OC)c(OC)c2OC)cc1Cl. The second kappa shape index (κ2) is 10.1. The molecule has 7 nitrogen and oxygen atoms in total. The largest absolute Gasteiger partial charge is 0.495 e. The maximum Gasteiger partial charge on any atom is 0.279 e. The van der Waals surface area contributed by atoms with Gasteiger partial charge in [-0.1, -0.05) is 11.6 Å². The van der Waals surface area contributed by atoms with Crippen molar-refractivity contribution in [1.29, 1.82) is 0 Å². The summed E-state index contributed by atoms with van der Waals surface area (Å²) in [6, 6.07) is 8.84. The van der Waals surface area contributed by atoms with Crippen LogP contribution in [0.5, 0.6) is 23.0 Å². The second-order valence-electron chi connectivity index (χ2n) is 6.20. The lowest BCUT2D eigenvalue weighted by atomic mass is 10.1. The first-order valence-corrected chi connectivity index (χ1v) is 9.03. The molecule has 0 aliphatic heterocycles. The molecular formula is C20H26ClN2O5+. The van der Waals surface area contributed by atoms with Gasteiger partial charge in [0.05, 0.1) is 46.1 Å². The Labute approximate surface area is 170 Å². The van der Waals surface area contributed by atoms with Gasteiger partial charge in [-0.25, -0.2) is 0 Å². The van der Waals surface area contributed by atoms with Crippen molar-refractivity contribution >= 4 is 23.2 Å². The maximum absolute atomic E-state index is 12.4. The van der Waals surface area contributed by atoms with Crippen molar-refractivity contribution in [2.24, 2.45) is 0 Å². The zero-order chi connectivity index (χ0) is 20.7. The zero-order valence-electron chi connectivity index (χ0n) is 16.7. The molecule has 1 unspecified atom stereocenters. The molecule has 28 heavy (non-hydrogen) atoms. The number of carbonyl (C=O) groups is 1. The number of rotatable bonds is 9. The molecule has 0 aliphatic rings. The summed E-state index contributed by atoms with van der Waals surface area (Å²) < 4.78 is 21.3. The van der Waals surface area contributed by atoms with E-state index in [1.165, 1.54) is 0 Å². The minimum atomic E-state index is -0.127. The highest BCUT2D eigenvalue weighted by Crippen LogP contribution is 2.39. The zero-order valence-corrected chi connectivity index (χ0v) is 17.5. The van der Waals surface area contributed by atoms with Gasteiger partial charge in [-0.05, 0) is 30.3 Å². The van der Waals surface area contributed by atoms with Crippen LogP contribution in [-0.2, 0) is 11.3 Å². The van der Waals surface area contributed by atoms with Crippen LogP contribution in [0.25, 0.3) is 0 Å². The normalized spacial score (nSPS) is 11.5. The molecule has 0 aromatic heterocycles. The summed E-state index contributed by atoms with van der Waals surface area (Å²) in [5.41, 5.74) is 1.53. The van der Waals surface area contributed by atoms with Crippen molar-refractivity contribution in [2.45, 2.75) is 6.54 Å². The molecule has 8 heteroatoms. The van der Waals surface area contributed by atoms with Crippen molar-refractivity contribution in [3.8, 4) is 23.0 Å². The molecule has 0 saturated carbocycles. The van der Waals surface area contributed by atoms with Gasteiger partial charge in [-0.3, -0.25) is 4.79 Å². The summed E-state index contributed by atoms with van der Waals surface area (Å²) in [5, 5.41) is 3.29. The number of amides is 1. The Morgan fingerprint density at radius 1 is 0.964 bits per heavy atom. The van der Waals surface area contributed by atoms with Gasteiger partial charge in [0.1, 0.15) is 12.3 Å². The number of likely N-dealkylation sites (N-methyl/N-ethyl adjacent to an activating group) is 1. The van der Waals surface area contributed by atoms with E-state index in [-0.39, 0.29) is 12.5 Å². The lowest BCUT2D eigenvalue weighted by Crippen LogP contribution is -3.08. The Bertz CT molecular complexity index is 828. The molecule has 1 amide bonds. The Hall–Kier alpha value is -2.64. The number of hydrogen-bond acceptors (Lipinski definition) is 5. The number of halogens is 1. The highest BCUT2D eigenvalue weighted by molar-refractivity contribution is 6.32. The fourth-order valence-corrected chi connectivity index (χ4v) is 3.17. The number of methoxy groups -OCH3 is 4. The number of quaternary nitrogens is 1. The maximum atomic E-state index is 12.4. The van der Waals surface area contributed by atoms with Gasteiger partial charge in [-0.2, -0.15) is 0 Å². The van der Waals surface area contributed by atoms with Gasteiger partial charge in [0.2, 0.25) is 5.75 Å². The van der Waals surface area contributed by atoms with E-state index in [4.69, 9.17) is 30.5 Å². The number of benzene rings is 2. The molecule has 2 rings (SSSR count). The predicted molar refractivity (Wildman–Crippen MR) is 108 cm³/mol. The second-order valence-corrected chi connectivity index (χ2v) is 6.61. The topological polar surface area (TPSA) is 70.5 Å². The van der Waals surface area contributed by atoms with Gasteiger partial charge in [0, 0.05) is 5.69 Å². The lowest BCUT2D eigenvalue weighted by molar-refractivity contribution is -0.885. The Balaban J connectivity index is 2.04. The first-order valence-electron chi connectivity index (χ1n) is 8.66. The van der Waals surface area contributed by atoms with Gasteiger partial charge >= 0.3 is 0 Å². The summed E-state index contributed by atoms with van der Waals surface area (Å²) in [6.45, 7) is 0.835. The summed E-state index contributed by atoms with van der Waals surface area (Å²) in [7, 11) is 8.19. The first-order chi connectivity index (χ1) is 13.4. The average molecular weight is 410 g/mol. The van der Waals surface area contributed by atoms with Crippen LogP contribution >= 0.6 is 11.6 Å². The molecule has 0 bridgehead atoms. The Morgan fingerprint density at radius 2 is 1.61 bits per heavy atom. The van der Waals surface area contributed by atoms with Crippen LogP contribution in [0.15, 0.2) is 30.3 Å². The molecule has 0 spiro atoms. The van der Waals surface area contributed by atoms with Gasteiger partial charge < -0.3 is 29.2 Å². The number of carbonyl (C=O) groups excluding carboxylic acids is 1. The molecular weight excluding hydrogens is 384 g/mol. The third-order valence-corrected chi connectivity index (χ3v) is 4.47. The molecule has 0 radical (unpaired) electrons. The van der Waals surface area contributed by atoms with Crippen molar-refractivity contribution in [1.82, 2.24) is 0 Å². The summed E-state index contributed by atoms with van der Waals surface area (Å²) >= 11 is 6.10. The monoisotopic (exact) mass is 409 g/mol. The van der Waals surface area contributed by atoms with Gasteiger partial charge in [0.15, 0.2) is 18.0 Å². The molecule has 2 aromatic carbocycles. The molecule has 0 saturated heterocycles. The molecule has 0 heterocycles. The van der Waals surface area contributed by atoms with Crippen LogP contribution in [0.4, 0.5) is 5.69 Å². The molecule has 1 atom stereocenters. The van der Waals surface area contributed by atoms with Crippen LogP contribution in [0.3, 0.4) is 0 Å².